The first-order valence-corrected chi connectivity index (χ1v) is 7.96. The van der Waals surface area contributed by atoms with Gasteiger partial charge in [-0.1, -0.05) is 23.7 Å². The molecule has 0 aliphatic carbocycles. The smallest absolute Gasteiger partial charge is 0.317 e. The summed E-state index contributed by atoms with van der Waals surface area (Å²) in [6.07, 6.45) is 0. The van der Waals surface area contributed by atoms with Gasteiger partial charge in [0.2, 0.25) is 0 Å². The van der Waals surface area contributed by atoms with E-state index in [4.69, 9.17) is 21.1 Å². The average Bonchev–Trinajstić information content (AvgIpc) is 2.60. The molecule has 0 aliphatic heterocycles. The Morgan fingerprint density at radius 1 is 1.17 bits per heavy atom. The Morgan fingerprint density at radius 3 is 2.62 bits per heavy atom. The van der Waals surface area contributed by atoms with Crippen molar-refractivity contribution in [3.8, 4) is 11.5 Å². The van der Waals surface area contributed by atoms with Crippen LogP contribution in [0, 0.1) is 0 Å². The predicted octanol–water partition coefficient (Wildman–Crippen LogP) is 3.57. The molecule has 1 N–H and O–H groups in total. The molecule has 0 aromatic heterocycles. The number of halogens is 1. The molecule has 0 atom stereocenters. The number of nitrogens with zero attached hydrogens (tertiary/aromatic N) is 1. The number of carbonyl (C=O) groups excluding carboxylic acids is 1. The second kappa shape index (κ2) is 9.03. The number of methoxy groups -OCH3 is 1. The van der Waals surface area contributed by atoms with Gasteiger partial charge < -0.3 is 19.7 Å². The zero-order chi connectivity index (χ0) is 17.4. The van der Waals surface area contributed by atoms with E-state index >= 15 is 0 Å². The van der Waals surface area contributed by atoms with E-state index in [1.165, 1.54) is 0 Å². The fourth-order valence-corrected chi connectivity index (χ4v) is 2.24. The van der Waals surface area contributed by atoms with Crippen LogP contribution in [0.3, 0.4) is 0 Å². The Hall–Kier alpha value is -2.40. The van der Waals surface area contributed by atoms with Crippen LogP contribution >= 0.6 is 11.6 Å². The molecule has 5 nitrogen and oxygen atoms in total. The average molecular weight is 349 g/mol. The van der Waals surface area contributed by atoms with Crippen LogP contribution in [-0.4, -0.2) is 38.2 Å². The maximum Gasteiger partial charge on any atom is 0.317 e. The molecule has 0 aliphatic rings. The molecular weight excluding hydrogens is 328 g/mol. The van der Waals surface area contributed by atoms with E-state index in [1.54, 1.807) is 43.3 Å². The maximum absolute atomic E-state index is 12.1. The molecule has 0 unspecified atom stereocenters. The van der Waals surface area contributed by atoms with Crippen LogP contribution in [0.4, 0.5) is 4.79 Å². The van der Waals surface area contributed by atoms with Crippen molar-refractivity contribution in [1.82, 2.24) is 10.2 Å². The standard InChI is InChI=1S/C18H21ClN2O3/c1-21(13-14-4-3-5-17(12-14)23-2)18(22)20-10-11-24-16-8-6-15(19)7-9-16/h3-9,12H,10-11,13H2,1-2H3,(H,20,22). The minimum Gasteiger partial charge on any atom is -0.497 e. The predicted molar refractivity (Wildman–Crippen MR) is 94.8 cm³/mol. The molecule has 2 amide bonds. The van der Waals surface area contributed by atoms with E-state index in [0.29, 0.717) is 24.7 Å². The van der Waals surface area contributed by atoms with Crippen LogP contribution in [0.15, 0.2) is 48.5 Å². The lowest BCUT2D eigenvalue weighted by Gasteiger charge is -2.18. The molecular formula is C18H21ClN2O3. The van der Waals surface area contributed by atoms with Crippen molar-refractivity contribution in [2.45, 2.75) is 6.54 Å². The van der Waals surface area contributed by atoms with Gasteiger partial charge in [-0.2, -0.15) is 0 Å². The lowest BCUT2D eigenvalue weighted by atomic mass is 10.2. The number of carbonyl (C=O) groups is 1. The maximum atomic E-state index is 12.1. The third kappa shape index (κ3) is 5.66. The monoisotopic (exact) mass is 348 g/mol. The van der Waals surface area contributed by atoms with Crippen molar-refractivity contribution in [2.24, 2.45) is 0 Å². The molecule has 6 heteroatoms. The third-order valence-corrected chi connectivity index (χ3v) is 3.61. The lowest BCUT2D eigenvalue weighted by Crippen LogP contribution is -2.38. The van der Waals surface area contributed by atoms with Crippen LogP contribution in [-0.2, 0) is 6.54 Å². The van der Waals surface area contributed by atoms with Gasteiger partial charge in [0, 0.05) is 18.6 Å². The summed E-state index contributed by atoms with van der Waals surface area (Å²) >= 11 is 5.81. The second-order valence-corrected chi connectivity index (χ2v) is 5.68. The molecule has 0 saturated heterocycles. The van der Waals surface area contributed by atoms with Crippen LogP contribution in [0.25, 0.3) is 0 Å². The normalized spacial score (nSPS) is 10.1. The highest BCUT2D eigenvalue weighted by Crippen LogP contribution is 2.15. The summed E-state index contributed by atoms with van der Waals surface area (Å²) in [6.45, 7) is 1.31. The van der Waals surface area contributed by atoms with Gasteiger partial charge in [-0.3, -0.25) is 0 Å². The molecule has 0 spiro atoms. The Kier molecular flexibility index (Phi) is 6.75. The highest BCUT2D eigenvalue weighted by molar-refractivity contribution is 6.30. The molecule has 2 aromatic rings. The summed E-state index contributed by atoms with van der Waals surface area (Å²) in [5.74, 6) is 1.50. The number of rotatable bonds is 7. The molecule has 0 fully saturated rings. The SMILES string of the molecule is COc1cccc(CN(C)C(=O)NCCOc2ccc(Cl)cc2)c1. The van der Waals surface area contributed by atoms with E-state index in [1.807, 2.05) is 24.3 Å². The Morgan fingerprint density at radius 2 is 1.92 bits per heavy atom. The number of hydrogen-bond acceptors (Lipinski definition) is 3. The topological polar surface area (TPSA) is 50.8 Å². The molecule has 0 heterocycles. The second-order valence-electron chi connectivity index (χ2n) is 5.24. The molecule has 0 saturated carbocycles. The quantitative estimate of drug-likeness (QED) is 0.778. The van der Waals surface area contributed by atoms with Gasteiger partial charge in [0.25, 0.3) is 0 Å². The van der Waals surface area contributed by atoms with Crippen LogP contribution in [0.5, 0.6) is 11.5 Å². The number of ether oxygens (including phenoxy) is 2. The molecule has 0 radical (unpaired) electrons. The zero-order valence-electron chi connectivity index (χ0n) is 13.8. The Bertz CT molecular complexity index is 662. The molecule has 24 heavy (non-hydrogen) atoms. The van der Waals surface area contributed by atoms with Crippen molar-refractivity contribution in [3.05, 3.63) is 59.1 Å². The number of urea groups is 1. The summed E-state index contributed by atoms with van der Waals surface area (Å²) in [4.78, 5) is 13.7. The highest BCUT2D eigenvalue weighted by Gasteiger charge is 2.09. The van der Waals surface area contributed by atoms with E-state index < -0.39 is 0 Å². The van der Waals surface area contributed by atoms with Crippen LogP contribution in [0.1, 0.15) is 5.56 Å². The third-order valence-electron chi connectivity index (χ3n) is 3.36. The van der Waals surface area contributed by atoms with Crippen molar-refractivity contribution in [2.75, 3.05) is 27.3 Å². The Balaban J connectivity index is 1.72. The first kappa shape index (κ1) is 17.9. The van der Waals surface area contributed by atoms with Gasteiger partial charge in [-0.25, -0.2) is 4.79 Å². The first-order chi connectivity index (χ1) is 11.6. The van der Waals surface area contributed by atoms with Crippen molar-refractivity contribution in [3.63, 3.8) is 0 Å². The number of amides is 2. The Labute approximate surface area is 147 Å². The molecule has 2 rings (SSSR count). The lowest BCUT2D eigenvalue weighted by molar-refractivity contribution is 0.203. The van der Waals surface area contributed by atoms with Crippen molar-refractivity contribution >= 4 is 17.6 Å². The molecule has 0 bridgehead atoms. The highest BCUT2D eigenvalue weighted by atomic mass is 35.5. The van der Waals surface area contributed by atoms with Gasteiger partial charge in [0.1, 0.15) is 18.1 Å². The van der Waals surface area contributed by atoms with Crippen LogP contribution < -0.4 is 14.8 Å². The van der Waals surface area contributed by atoms with Gasteiger partial charge in [-0.05, 0) is 42.0 Å². The van der Waals surface area contributed by atoms with Gasteiger partial charge in [-0.15, -0.1) is 0 Å². The number of benzene rings is 2. The number of nitrogens with one attached hydrogen (secondary N) is 1. The van der Waals surface area contributed by atoms with Gasteiger partial charge in [0.05, 0.1) is 13.7 Å². The summed E-state index contributed by atoms with van der Waals surface area (Å²) in [5.41, 5.74) is 1.00. The zero-order valence-corrected chi connectivity index (χ0v) is 14.5. The van der Waals surface area contributed by atoms with E-state index in [9.17, 15) is 4.79 Å². The number of hydrogen-bond donors (Lipinski definition) is 1. The summed E-state index contributed by atoms with van der Waals surface area (Å²) in [6, 6.07) is 14.6. The van der Waals surface area contributed by atoms with E-state index in [2.05, 4.69) is 5.32 Å². The summed E-state index contributed by atoms with van der Waals surface area (Å²) in [5, 5.41) is 3.48. The van der Waals surface area contributed by atoms with Crippen molar-refractivity contribution < 1.29 is 14.3 Å². The van der Waals surface area contributed by atoms with E-state index in [-0.39, 0.29) is 6.03 Å². The minimum absolute atomic E-state index is 0.155. The van der Waals surface area contributed by atoms with Gasteiger partial charge in [0.15, 0.2) is 0 Å². The van der Waals surface area contributed by atoms with Crippen molar-refractivity contribution in [1.29, 1.82) is 0 Å². The fourth-order valence-electron chi connectivity index (χ4n) is 2.11. The largest absolute Gasteiger partial charge is 0.497 e. The molecule has 128 valence electrons. The minimum atomic E-state index is -0.155. The summed E-state index contributed by atoms with van der Waals surface area (Å²) < 4.78 is 10.7. The fraction of sp³-hybridized carbons (Fsp3) is 0.278. The van der Waals surface area contributed by atoms with Crippen LogP contribution in [0.2, 0.25) is 5.02 Å². The molecule has 2 aromatic carbocycles. The van der Waals surface area contributed by atoms with Gasteiger partial charge >= 0.3 is 6.03 Å². The van der Waals surface area contributed by atoms with E-state index in [0.717, 1.165) is 17.1 Å². The summed E-state index contributed by atoms with van der Waals surface area (Å²) in [7, 11) is 3.37. The first-order valence-electron chi connectivity index (χ1n) is 7.59.